The topological polar surface area (TPSA) is 60.4 Å². The highest BCUT2D eigenvalue weighted by atomic mass is 32.1. The molecule has 0 aliphatic carbocycles. The minimum atomic E-state index is -1.25. The van der Waals surface area contributed by atoms with Crippen molar-refractivity contribution >= 4 is 18.6 Å². The molecule has 0 aliphatic heterocycles. The molecule has 0 bridgehead atoms. The van der Waals surface area contributed by atoms with Crippen molar-refractivity contribution in [3.8, 4) is 0 Å². The van der Waals surface area contributed by atoms with E-state index in [1.54, 1.807) is 0 Å². The van der Waals surface area contributed by atoms with Crippen LogP contribution in [0, 0.1) is 5.92 Å². The highest BCUT2D eigenvalue weighted by molar-refractivity contribution is 7.80. The van der Waals surface area contributed by atoms with E-state index in [0.717, 1.165) is 0 Å². The van der Waals surface area contributed by atoms with Gasteiger partial charge in [-0.05, 0) is 6.92 Å². The van der Waals surface area contributed by atoms with Crippen molar-refractivity contribution in [2.24, 2.45) is 5.92 Å². The number of carbonyl (C=O) groups is 1. The first-order valence-electron chi connectivity index (χ1n) is 2.59. The second kappa shape index (κ2) is 3.74. The van der Waals surface area contributed by atoms with Crippen LogP contribution in [0.15, 0.2) is 0 Å². The molecule has 2 atom stereocenters. The Morgan fingerprint density at radius 3 is 2.33 bits per heavy atom. The summed E-state index contributed by atoms with van der Waals surface area (Å²) in [5.41, 5.74) is 0. The molecule has 0 fully saturated rings. The lowest BCUT2D eigenvalue weighted by Gasteiger charge is -2.17. The van der Waals surface area contributed by atoms with Gasteiger partial charge in [0.25, 0.3) is 0 Å². The molecule has 54 valence electrons. The van der Waals surface area contributed by atoms with Crippen molar-refractivity contribution < 1.29 is 15.0 Å². The first-order chi connectivity index (χ1) is 4.09. The van der Waals surface area contributed by atoms with E-state index in [-0.39, 0.29) is 5.75 Å². The molecule has 9 heavy (non-hydrogen) atoms. The Morgan fingerprint density at radius 2 is 2.33 bits per heavy atom. The molecule has 0 heterocycles. The molecular formula is C5H9O3S-. The summed E-state index contributed by atoms with van der Waals surface area (Å²) < 4.78 is 0. The molecule has 2 unspecified atom stereocenters. The average molecular weight is 149 g/mol. The van der Waals surface area contributed by atoms with E-state index in [4.69, 9.17) is 5.11 Å². The smallest absolute Gasteiger partial charge is 0.0600 e. The van der Waals surface area contributed by atoms with Crippen molar-refractivity contribution in [2.45, 2.75) is 13.0 Å². The largest absolute Gasteiger partial charge is 0.550 e. The summed E-state index contributed by atoms with van der Waals surface area (Å²) in [6, 6.07) is 0. The van der Waals surface area contributed by atoms with E-state index < -0.39 is 18.0 Å². The summed E-state index contributed by atoms with van der Waals surface area (Å²) in [4.78, 5) is 10.1. The van der Waals surface area contributed by atoms with Crippen molar-refractivity contribution in [3.63, 3.8) is 0 Å². The number of carboxylic acid groups (broad SMARTS) is 1. The van der Waals surface area contributed by atoms with E-state index in [0.29, 0.717) is 0 Å². The quantitative estimate of drug-likeness (QED) is 0.488. The van der Waals surface area contributed by atoms with Crippen LogP contribution < -0.4 is 5.11 Å². The predicted octanol–water partition coefficient (Wildman–Crippen LogP) is -1.34. The van der Waals surface area contributed by atoms with Crippen LogP contribution in [0.4, 0.5) is 0 Å². The Balaban J connectivity index is 3.83. The summed E-state index contributed by atoms with van der Waals surface area (Å²) in [7, 11) is 0. The van der Waals surface area contributed by atoms with Crippen molar-refractivity contribution in [3.05, 3.63) is 0 Å². The van der Waals surface area contributed by atoms with Crippen LogP contribution in [0.2, 0.25) is 0 Å². The summed E-state index contributed by atoms with van der Waals surface area (Å²) in [5.74, 6) is -1.99. The molecule has 4 heteroatoms. The lowest BCUT2D eigenvalue weighted by Crippen LogP contribution is -2.38. The maximum absolute atomic E-state index is 10.1. The molecule has 0 aromatic rings. The van der Waals surface area contributed by atoms with Crippen LogP contribution in [-0.2, 0) is 4.79 Å². The molecule has 0 saturated heterocycles. The SMILES string of the molecule is CC(O)C(CS)C(=O)[O-]. The third-order valence-electron chi connectivity index (χ3n) is 1.08. The number of hydrogen-bond acceptors (Lipinski definition) is 4. The summed E-state index contributed by atoms with van der Waals surface area (Å²) >= 11 is 3.71. The Bertz CT molecular complexity index is 102. The van der Waals surface area contributed by atoms with Crippen LogP contribution in [-0.4, -0.2) is 22.9 Å². The molecule has 0 amide bonds. The van der Waals surface area contributed by atoms with Gasteiger partial charge in [-0.1, -0.05) is 0 Å². The fourth-order valence-electron chi connectivity index (χ4n) is 0.424. The fraction of sp³-hybridized carbons (Fsp3) is 0.800. The zero-order chi connectivity index (χ0) is 7.44. The van der Waals surface area contributed by atoms with Crippen LogP contribution in [0.3, 0.4) is 0 Å². The van der Waals surface area contributed by atoms with Gasteiger partial charge in [0.05, 0.1) is 6.10 Å². The number of carbonyl (C=O) groups excluding carboxylic acids is 1. The van der Waals surface area contributed by atoms with Gasteiger partial charge in [-0.3, -0.25) is 0 Å². The number of aliphatic hydroxyl groups excluding tert-OH is 1. The first kappa shape index (κ1) is 8.78. The molecule has 0 aromatic heterocycles. The van der Waals surface area contributed by atoms with E-state index in [1.807, 2.05) is 0 Å². The molecule has 0 aromatic carbocycles. The van der Waals surface area contributed by atoms with Gasteiger partial charge in [0.1, 0.15) is 0 Å². The normalized spacial score (nSPS) is 16.8. The van der Waals surface area contributed by atoms with Gasteiger partial charge >= 0.3 is 0 Å². The highest BCUT2D eigenvalue weighted by Crippen LogP contribution is 2.03. The Hall–Kier alpha value is -0.220. The Kier molecular flexibility index (Phi) is 3.65. The summed E-state index contributed by atoms with van der Waals surface area (Å²) in [6.07, 6.45) is -0.882. The van der Waals surface area contributed by atoms with E-state index in [9.17, 15) is 9.90 Å². The molecule has 0 spiro atoms. The van der Waals surface area contributed by atoms with Crippen LogP contribution >= 0.6 is 12.6 Å². The Labute approximate surface area is 59.1 Å². The number of hydrogen-bond donors (Lipinski definition) is 2. The van der Waals surface area contributed by atoms with E-state index in [2.05, 4.69) is 12.6 Å². The molecule has 0 rings (SSSR count). The Morgan fingerprint density at radius 1 is 1.89 bits per heavy atom. The maximum Gasteiger partial charge on any atom is 0.0600 e. The minimum absolute atomic E-state index is 0.111. The number of carboxylic acids is 1. The van der Waals surface area contributed by atoms with Gasteiger partial charge in [0.2, 0.25) is 0 Å². The lowest BCUT2D eigenvalue weighted by molar-refractivity contribution is -0.313. The van der Waals surface area contributed by atoms with Gasteiger partial charge in [-0.15, -0.1) is 0 Å². The fourth-order valence-corrected chi connectivity index (χ4v) is 0.878. The zero-order valence-electron chi connectivity index (χ0n) is 5.07. The van der Waals surface area contributed by atoms with Gasteiger partial charge in [0, 0.05) is 17.6 Å². The highest BCUT2D eigenvalue weighted by Gasteiger charge is 2.12. The molecule has 0 saturated carbocycles. The minimum Gasteiger partial charge on any atom is -0.550 e. The second-order valence-electron chi connectivity index (χ2n) is 1.85. The maximum atomic E-state index is 10.1. The molecule has 0 aliphatic rings. The van der Waals surface area contributed by atoms with Gasteiger partial charge in [0.15, 0.2) is 0 Å². The van der Waals surface area contributed by atoms with Gasteiger partial charge < -0.3 is 15.0 Å². The van der Waals surface area contributed by atoms with Gasteiger partial charge in [-0.2, -0.15) is 12.6 Å². The lowest BCUT2D eigenvalue weighted by atomic mass is 10.1. The first-order valence-corrected chi connectivity index (χ1v) is 3.22. The number of aliphatic carboxylic acids is 1. The second-order valence-corrected chi connectivity index (χ2v) is 2.21. The third-order valence-corrected chi connectivity index (χ3v) is 1.48. The number of thiol groups is 1. The molecule has 0 radical (unpaired) electrons. The zero-order valence-corrected chi connectivity index (χ0v) is 5.97. The monoisotopic (exact) mass is 149 g/mol. The van der Waals surface area contributed by atoms with Crippen LogP contribution in [0.1, 0.15) is 6.92 Å². The van der Waals surface area contributed by atoms with Crippen molar-refractivity contribution in [1.82, 2.24) is 0 Å². The van der Waals surface area contributed by atoms with Gasteiger partial charge in [-0.25, -0.2) is 0 Å². The third kappa shape index (κ3) is 2.72. The number of rotatable bonds is 3. The van der Waals surface area contributed by atoms with E-state index >= 15 is 0 Å². The molecular weight excluding hydrogens is 140 g/mol. The van der Waals surface area contributed by atoms with Crippen molar-refractivity contribution in [2.75, 3.05) is 5.75 Å². The summed E-state index contributed by atoms with van der Waals surface area (Å²) in [6.45, 7) is 1.40. The van der Waals surface area contributed by atoms with Crippen molar-refractivity contribution in [1.29, 1.82) is 0 Å². The van der Waals surface area contributed by atoms with Crippen LogP contribution in [0.5, 0.6) is 0 Å². The average Bonchev–Trinajstić information content (AvgIpc) is 1.64. The molecule has 1 N–H and O–H groups in total. The number of aliphatic hydroxyl groups is 1. The summed E-state index contributed by atoms with van der Waals surface area (Å²) in [5, 5.41) is 18.8. The predicted molar refractivity (Wildman–Crippen MR) is 34.0 cm³/mol. The van der Waals surface area contributed by atoms with E-state index in [1.165, 1.54) is 6.92 Å². The molecule has 3 nitrogen and oxygen atoms in total. The van der Waals surface area contributed by atoms with Crippen LogP contribution in [0.25, 0.3) is 0 Å². The standard InChI is InChI=1S/C5H10O3S/c1-3(6)4(2-9)5(7)8/h3-4,6,9H,2H2,1H3,(H,7,8)/p-1.